The first-order valence-corrected chi connectivity index (χ1v) is 27.1. The average molecular weight is 927 g/mol. The van der Waals surface area contributed by atoms with Crippen LogP contribution in [0, 0.1) is 18.8 Å². The summed E-state index contributed by atoms with van der Waals surface area (Å²) in [5.41, 5.74) is 5.02. The number of ether oxygens (including phenoxy) is 2. The number of anilines is 1. The minimum atomic E-state index is -1.34. The summed E-state index contributed by atoms with van der Waals surface area (Å²) in [6.07, 6.45) is 5.84. The molecule has 1 N–H and O–H groups in total. The van der Waals surface area contributed by atoms with Crippen LogP contribution in [0.4, 0.5) is 10.6 Å². The number of pyridine rings is 1. The van der Waals surface area contributed by atoms with E-state index in [1.54, 1.807) is 33.9 Å². The number of rotatable bonds is 13. The summed E-state index contributed by atoms with van der Waals surface area (Å²) in [6, 6.07) is 15.0. The molecule has 2 saturated heterocycles. The van der Waals surface area contributed by atoms with Crippen LogP contribution in [-0.2, 0) is 32.2 Å². The molecular weight excluding hydrogens is 865 g/mol. The van der Waals surface area contributed by atoms with Crippen LogP contribution in [0.2, 0.25) is 25.7 Å². The number of benzene rings is 2. The maximum Gasteiger partial charge on any atom is 0.419 e. The smallest absolute Gasteiger partial charge is 0.419 e. The molecule has 8 rings (SSSR count). The van der Waals surface area contributed by atoms with E-state index in [1.165, 1.54) is 4.90 Å². The van der Waals surface area contributed by atoms with Crippen LogP contribution in [0.1, 0.15) is 115 Å². The summed E-state index contributed by atoms with van der Waals surface area (Å²) in [4.78, 5) is 76.9. The number of nitrogens with one attached hydrogen (secondary N) is 1. The third-order valence-electron chi connectivity index (χ3n) is 12.8. The molecule has 67 heavy (non-hydrogen) atoms. The Bertz CT molecular complexity index is 2820. The zero-order valence-corrected chi connectivity index (χ0v) is 41.0. The number of carbonyl (C=O) groups excluding carboxylic acids is 5. The monoisotopic (exact) mass is 926 g/mol. The van der Waals surface area contributed by atoms with Gasteiger partial charge in [0.2, 0.25) is 5.91 Å². The van der Waals surface area contributed by atoms with Gasteiger partial charge in [-0.25, -0.2) is 14.3 Å². The molecule has 1 unspecified atom stereocenters. The van der Waals surface area contributed by atoms with Gasteiger partial charge in [0.1, 0.15) is 24.2 Å². The van der Waals surface area contributed by atoms with Crippen LogP contribution in [0.3, 0.4) is 0 Å². The highest BCUT2D eigenvalue weighted by molar-refractivity contribution is 6.76. The number of carbonyl (C=O) groups is 5. The first-order chi connectivity index (χ1) is 31.9. The number of likely N-dealkylation sites (tertiary alicyclic amines) is 2. The van der Waals surface area contributed by atoms with Gasteiger partial charge in [-0.2, -0.15) is 5.10 Å². The van der Waals surface area contributed by atoms with Gasteiger partial charge in [-0.05, 0) is 115 Å². The third-order valence-corrected chi connectivity index (χ3v) is 14.5. The molecule has 2 fully saturated rings. The lowest BCUT2D eigenvalue weighted by molar-refractivity contribution is -0.158. The van der Waals surface area contributed by atoms with E-state index in [0.717, 1.165) is 77.1 Å². The number of piperidine rings is 1. The van der Waals surface area contributed by atoms with Crippen LogP contribution >= 0.6 is 0 Å². The van der Waals surface area contributed by atoms with Crippen LogP contribution < -0.4 is 5.32 Å². The van der Waals surface area contributed by atoms with E-state index in [-0.39, 0.29) is 49.9 Å². The molecule has 0 bridgehead atoms. The van der Waals surface area contributed by atoms with Gasteiger partial charge in [0.25, 0.3) is 17.7 Å². The first-order valence-electron chi connectivity index (χ1n) is 23.4. The number of hydrogen-bond donors (Lipinski definition) is 1. The maximum absolute atomic E-state index is 13.8. The van der Waals surface area contributed by atoms with E-state index in [9.17, 15) is 24.0 Å². The molecule has 5 aromatic rings. The Morgan fingerprint density at radius 3 is 2.54 bits per heavy atom. The Balaban J connectivity index is 0.894. The van der Waals surface area contributed by atoms with Crippen molar-refractivity contribution in [2.24, 2.45) is 0 Å². The topological polar surface area (TPSA) is 161 Å². The van der Waals surface area contributed by atoms with Gasteiger partial charge in [-0.3, -0.25) is 33.7 Å². The minimum absolute atomic E-state index is 0.0567. The molecule has 16 heteroatoms. The molecule has 0 saturated carbocycles. The number of hydrogen-bond acceptors (Lipinski definition) is 10. The van der Waals surface area contributed by atoms with Gasteiger partial charge in [0.15, 0.2) is 0 Å². The summed E-state index contributed by atoms with van der Waals surface area (Å²) < 4.78 is 15.2. The number of fused-ring (bicyclic) bond motifs is 3. The van der Waals surface area contributed by atoms with E-state index >= 15 is 0 Å². The second-order valence-corrected chi connectivity index (χ2v) is 25.9. The molecule has 0 spiro atoms. The number of imide groups is 1. The average Bonchev–Trinajstić information content (AvgIpc) is 4.03. The van der Waals surface area contributed by atoms with Crippen molar-refractivity contribution in [3.63, 3.8) is 0 Å². The van der Waals surface area contributed by atoms with Crippen molar-refractivity contribution in [3.8, 4) is 11.8 Å². The minimum Gasteiger partial charge on any atom is -0.443 e. The molecule has 3 aromatic heterocycles. The molecule has 0 radical (unpaired) electrons. The van der Waals surface area contributed by atoms with Gasteiger partial charge >= 0.3 is 6.09 Å². The number of unbranched alkanes of at least 4 members (excludes halogenated alkanes) is 2. The highest BCUT2D eigenvalue weighted by atomic mass is 28.3. The fourth-order valence-corrected chi connectivity index (χ4v) is 9.97. The SMILES string of the molecule is Cc1nn(CCCCC#Cc2cccc3c2CN(C2CCC(=O)N(COCC[Si](C)(C)C)C2=O)C3=O)c2cc(C(=O)Nc3cc4c(cn3)cc([C@H]3CCCN3C)n4C(=O)OC(C)(C)C)ccc12. The zero-order chi connectivity index (χ0) is 47.8. The third kappa shape index (κ3) is 10.4. The Hall–Kier alpha value is -6.15. The van der Waals surface area contributed by atoms with Crippen molar-refractivity contribution in [2.45, 2.75) is 129 Å². The molecule has 3 aliphatic rings. The molecule has 3 aliphatic heterocycles. The lowest BCUT2D eigenvalue weighted by Gasteiger charge is -2.35. The fourth-order valence-electron chi connectivity index (χ4n) is 9.21. The van der Waals surface area contributed by atoms with Crippen molar-refractivity contribution >= 4 is 65.4 Å². The first kappa shape index (κ1) is 47.3. The van der Waals surface area contributed by atoms with Crippen molar-refractivity contribution in [2.75, 3.05) is 32.2 Å². The largest absolute Gasteiger partial charge is 0.443 e. The van der Waals surface area contributed by atoms with E-state index < -0.39 is 31.7 Å². The Morgan fingerprint density at radius 2 is 1.79 bits per heavy atom. The Morgan fingerprint density at radius 1 is 0.985 bits per heavy atom. The molecule has 2 atom stereocenters. The summed E-state index contributed by atoms with van der Waals surface area (Å²) in [5.74, 6) is 5.68. The lowest BCUT2D eigenvalue weighted by Crippen LogP contribution is -2.55. The highest BCUT2D eigenvalue weighted by Gasteiger charge is 2.43. The van der Waals surface area contributed by atoms with E-state index in [4.69, 9.17) is 14.6 Å². The van der Waals surface area contributed by atoms with Crippen molar-refractivity contribution in [1.82, 2.24) is 34.0 Å². The van der Waals surface area contributed by atoms with E-state index in [0.29, 0.717) is 42.0 Å². The van der Waals surface area contributed by atoms with Crippen LogP contribution in [0.25, 0.3) is 21.8 Å². The van der Waals surface area contributed by atoms with Gasteiger partial charge in [0.05, 0.1) is 22.8 Å². The summed E-state index contributed by atoms with van der Waals surface area (Å²) >= 11 is 0. The van der Waals surface area contributed by atoms with Gasteiger partial charge < -0.3 is 19.7 Å². The summed E-state index contributed by atoms with van der Waals surface area (Å²) in [5, 5.41) is 9.49. The summed E-state index contributed by atoms with van der Waals surface area (Å²) in [7, 11) is 0.725. The summed E-state index contributed by atoms with van der Waals surface area (Å²) in [6.45, 7) is 16.4. The fraction of sp³-hybridized carbons (Fsp3) is 0.471. The van der Waals surface area contributed by atoms with Crippen LogP contribution in [-0.4, -0.2) is 110 Å². The normalized spacial score (nSPS) is 17.9. The van der Waals surface area contributed by atoms with Gasteiger partial charge in [0, 0.05) is 86.0 Å². The predicted molar refractivity (Wildman–Crippen MR) is 259 cm³/mol. The van der Waals surface area contributed by atoms with E-state index in [1.807, 2.05) is 62.7 Å². The molecule has 4 amide bonds. The molecule has 352 valence electrons. The molecular formula is C51H62N8O7Si. The van der Waals surface area contributed by atoms with Crippen molar-refractivity contribution in [1.29, 1.82) is 0 Å². The highest BCUT2D eigenvalue weighted by Crippen LogP contribution is 2.36. The maximum atomic E-state index is 13.8. The second-order valence-electron chi connectivity index (χ2n) is 20.2. The van der Waals surface area contributed by atoms with Crippen LogP contribution in [0.5, 0.6) is 0 Å². The van der Waals surface area contributed by atoms with Gasteiger partial charge in [-0.15, -0.1) is 0 Å². The zero-order valence-electron chi connectivity index (χ0n) is 40.0. The molecule has 15 nitrogen and oxygen atoms in total. The quantitative estimate of drug-likeness (QED) is 0.0525. The van der Waals surface area contributed by atoms with Crippen LogP contribution in [0.15, 0.2) is 54.7 Å². The Kier molecular flexibility index (Phi) is 13.6. The van der Waals surface area contributed by atoms with Gasteiger partial charge in [-0.1, -0.05) is 43.6 Å². The number of aryl methyl sites for hydroxylation is 2. The molecule has 6 heterocycles. The molecule has 2 aromatic carbocycles. The predicted octanol–water partition coefficient (Wildman–Crippen LogP) is 8.50. The van der Waals surface area contributed by atoms with Crippen molar-refractivity contribution < 1.29 is 33.4 Å². The molecule has 0 aliphatic carbocycles. The lowest BCUT2D eigenvalue weighted by atomic mass is 10.0. The number of aromatic nitrogens is 4. The van der Waals surface area contributed by atoms with Crippen molar-refractivity contribution in [3.05, 3.63) is 88.4 Å². The second kappa shape index (κ2) is 19.2. The van der Waals surface area contributed by atoms with E-state index in [2.05, 4.69) is 53.7 Å². The number of amides is 4. The number of nitrogens with zero attached hydrogens (tertiary/aromatic N) is 7. The standard InChI is InChI=1S/C51H62N8O7Si/c1-33-37-20-19-35(47(61)53-45-29-42-36(30-52-45)28-44(40-18-14-23-55(40)5)59(42)50(64)66-51(2,3)4)27-43(37)58(54-33)24-12-10-9-11-15-34-16-13-17-38-39(34)31-56(48(38)62)41-21-22-46(60)57(49(41)63)32-65-25-26-67(6,7)8/h13,16-17,19-20,27-30,40-41H,9-10,12,14,18,21-26,31-32H2,1-8H3,(H,52,53,61)/t40-,41?/m1/s1. The Labute approximate surface area is 393 Å².